The summed E-state index contributed by atoms with van der Waals surface area (Å²) in [6.45, 7) is 0.240. The second-order valence-electron chi connectivity index (χ2n) is 5.44. The van der Waals surface area contributed by atoms with Crippen molar-refractivity contribution in [2.24, 2.45) is 5.92 Å². The van der Waals surface area contributed by atoms with E-state index in [1.807, 2.05) is 16.7 Å². The summed E-state index contributed by atoms with van der Waals surface area (Å²) in [7, 11) is 0. The Morgan fingerprint density at radius 1 is 1.45 bits per heavy atom. The maximum Gasteiger partial charge on any atom is 0.161 e. The molecule has 20 heavy (non-hydrogen) atoms. The van der Waals surface area contributed by atoms with Gasteiger partial charge in [-0.25, -0.2) is 4.98 Å². The Balaban J connectivity index is 1.88. The summed E-state index contributed by atoms with van der Waals surface area (Å²) in [5.74, 6) is 0.326. The van der Waals surface area contributed by atoms with Gasteiger partial charge in [-0.3, -0.25) is 4.40 Å². The number of rotatable bonds is 3. The summed E-state index contributed by atoms with van der Waals surface area (Å²) < 4.78 is 2.80. The predicted molar refractivity (Wildman–Crippen MR) is 83.8 cm³/mol. The Morgan fingerprint density at radius 2 is 2.25 bits per heavy atom. The number of nitrogens with two attached hydrogens (primary N) is 1. The molecule has 0 radical (unpaired) electrons. The van der Waals surface area contributed by atoms with Crippen molar-refractivity contribution < 1.29 is 5.11 Å². The zero-order chi connectivity index (χ0) is 14.1. The van der Waals surface area contributed by atoms with Crippen LogP contribution in [0.25, 0.3) is 5.65 Å². The summed E-state index contributed by atoms with van der Waals surface area (Å²) in [5, 5.41) is 13.0. The van der Waals surface area contributed by atoms with Crippen molar-refractivity contribution in [2.75, 3.05) is 17.7 Å². The fourth-order valence-corrected chi connectivity index (χ4v) is 3.37. The van der Waals surface area contributed by atoms with Crippen LogP contribution in [0.5, 0.6) is 0 Å². The topological polar surface area (TPSA) is 75.6 Å². The van der Waals surface area contributed by atoms with Gasteiger partial charge in [0.15, 0.2) is 5.65 Å². The second kappa shape index (κ2) is 5.61. The maximum absolute atomic E-state index is 9.49. The molecule has 0 unspecified atom stereocenters. The van der Waals surface area contributed by atoms with Gasteiger partial charge in [0.1, 0.15) is 4.60 Å². The highest BCUT2D eigenvalue weighted by Gasteiger charge is 2.24. The van der Waals surface area contributed by atoms with Gasteiger partial charge < -0.3 is 16.2 Å². The van der Waals surface area contributed by atoms with Crippen LogP contribution in [0.2, 0.25) is 0 Å². The average Bonchev–Trinajstić information content (AvgIpc) is 2.82. The van der Waals surface area contributed by atoms with E-state index in [2.05, 4.69) is 26.2 Å². The number of nitrogens with zero attached hydrogens (tertiary/aromatic N) is 2. The first-order chi connectivity index (χ1) is 9.69. The van der Waals surface area contributed by atoms with Gasteiger partial charge in [-0.15, -0.1) is 0 Å². The molecule has 2 aromatic rings. The number of aromatic nitrogens is 2. The molecule has 4 N–H and O–H groups in total. The van der Waals surface area contributed by atoms with Crippen LogP contribution < -0.4 is 11.1 Å². The SMILES string of the molecule is Nc1cc(N[C@H]2CCCC[C@H]2CO)cn2c(Br)cnc12. The summed E-state index contributed by atoms with van der Waals surface area (Å²) in [5.41, 5.74) is 8.42. The van der Waals surface area contributed by atoms with Gasteiger partial charge in [0.2, 0.25) is 0 Å². The number of nitrogen functional groups attached to an aromatic ring is 1. The first kappa shape index (κ1) is 13.7. The minimum atomic E-state index is 0.240. The highest BCUT2D eigenvalue weighted by Crippen LogP contribution is 2.29. The molecule has 3 rings (SSSR count). The van der Waals surface area contributed by atoms with Gasteiger partial charge in [-0.1, -0.05) is 12.8 Å². The Labute approximate surface area is 126 Å². The molecule has 0 saturated heterocycles. The van der Waals surface area contributed by atoms with Crippen molar-refractivity contribution in [3.8, 4) is 0 Å². The molecule has 2 atom stereocenters. The number of aliphatic hydroxyl groups excluding tert-OH is 1. The number of imidazole rings is 1. The van der Waals surface area contributed by atoms with Crippen LogP contribution in [0.15, 0.2) is 23.1 Å². The second-order valence-corrected chi connectivity index (χ2v) is 6.25. The smallest absolute Gasteiger partial charge is 0.161 e. The van der Waals surface area contributed by atoms with Crippen molar-refractivity contribution in [3.63, 3.8) is 0 Å². The number of pyridine rings is 1. The van der Waals surface area contributed by atoms with Gasteiger partial charge in [-0.2, -0.15) is 0 Å². The van der Waals surface area contributed by atoms with Crippen LogP contribution in [0.1, 0.15) is 25.7 Å². The molecule has 108 valence electrons. The van der Waals surface area contributed by atoms with Crippen LogP contribution in [-0.2, 0) is 0 Å². The van der Waals surface area contributed by atoms with Crippen LogP contribution in [0, 0.1) is 5.92 Å². The number of hydrogen-bond donors (Lipinski definition) is 3. The molecule has 1 aliphatic rings. The number of fused-ring (bicyclic) bond motifs is 1. The molecule has 2 heterocycles. The van der Waals surface area contributed by atoms with Gasteiger partial charge in [0.05, 0.1) is 17.6 Å². The number of nitrogens with one attached hydrogen (secondary N) is 1. The zero-order valence-corrected chi connectivity index (χ0v) is 12.8. The monoisotopic (exact) mass is 338 g/mol. The number of anilines is 2. The van der Waals surface area contributed by atoms with Crippen LogP contribution in [-0.4, -0.2) is 27.1 Å². The number of hydrogen-bond acceptors (Lipinski definition) is 4. The molecule has 1 aliphatic carbocycles. The van der Waals surface area contributed by atoms with E-state index >= 15 is 0 Å². The lowest BCUT2D eigenvalue weighted by Crippen LogP contribution is -2.34. The van der Waals surface area contributed by atoms with Gasteiger partial charge in [0.25, 0.3) is 0 Å². The van der Waals surface area contributed by atoms with E-state index in [0.29, 0.717) is 17.6 Å². The first-order valence-electron chi connectivity index (χ1n) is 6.98. The largest absolute Gasteiger partial charge is 0.396 e. The zero-order valence-electron chi connectivity index (χ0n) is 11.2. The molecule has 0 bridgehead atoms. The molecule has 1 saturated carbocycles. The molecule has 6 heteroatoms. The van der Waals surface area contributed by atoms with Crippen molar-refractivity contribution in [1.82, 2.24) is 9.38 Å². The van der Waals surface area contributed by atoms with E-state index in [1.165, 1.54) is 12.8 Å². The highest BCUT2D eigenvalue weighted by molar-refractivity contribution is 9.10. The minimum absolute atomic E-state index is 0.240. The Bertz CT molecular complexity index is 612. The van der Waals surface area contributed by atoms with E-state index in [1.54, 1.807) is 6.20 Å². The fraction of sp³-hybridized carbons (Fsp3) is 0.500. The summed E-state index contributed by atoms with van der Waals surface area (Å²) in [6, 6.07) is 2.23. The standard InChI is InChI=1S/C14H19BrN4O/c15-13-6-17-14-11(16)5-10(7-19(13)14)18-12-4-2-1-3-9(12)8-20/h5-7,9,12,18,20H,1-4,8,16H2/t9-,12-/m0/s1. The Kier molecular flexibility index (Phi) is 3.85. The molecular weight excluding hydrogens is 320 g/mol. The minimum Gasteiger partial charge on any atom is -0.396 e. The predicted octanol–water partition coefficient (Wildman–Crippen LogP) is 2.64. The molecule has 2 aromatic heterocycles. The van der Waals surface area contributed by atoms with Crippen LogP contribution >= 0.6 is 15.9 Å². The van der Waals surface area contributed by atoms with Crippen molar-refractivity contribution >= 4 is 33.0 Å². The molecular formula is C14H19BrN4O. The number of aliphatic hydroxyl groups is 1. The fourth-order valence-electron chi connectivity index (χ4n) is 2.99. The lowest BCUT2D eigenvalue weighted by Gasteiger charge is -2.31. The van der Waals surface area contributed by atoms with E-state index in [-0.39, 0.29) is 6.61 Å². The van der Waals surface area contributed by atoms with Gasteiger partial charge in [-0.05, 0) is 34.8 Å². The molecule has 0 spiro atoms. The third kappa shape index (κ3) is 2.50. The third-order valence-electron chi connectivity index (χ3n) is 4.08. The van der Waals surface area contributed by atoms with Crippen LogP contribution in [0.3, 0.4) is 0 Å². The van der Waals surface area contributed by atoms with E-state index in [9.17, 15) is 5.11 Å². The van der Waals surface area contributed by atoms with Gasteiger partial charge >= 0.3 is 0 Å². The molecule has 0 amide bonds. The first-order valence-corrected chi connectivity index (χ1v) is 7.78. The Morgan fingerprint density at radius 3 is 3.05 bits per heavy atom. The summed E-state index contributed by atoms with van der Waals surface area (Å²) in [6.07, 6.45) is 8.33. The average molecular weight is 339 g/mol. The van der Waals surface area contributed by atoms with Crippen molar-refractivity contribution in [1.29, 1.82) is 0 Å². The van der Waals surface area contributed by atoms with E-state index in [0.717, 1.165) is 28.8 Å². The normalized spacial score (nSPS) is 23.1. The van der Waals surface area contributed by atoms with Crippen LogP contribution in [0.4, 0.5) is 11.4 Å². The van der Waals surface area contributed by atoms with Gasteiger partial charge in [0, 0.05) is 24.8 Å². The molecule has 0 aromatic carbocycles. The Hall–Kier alpha value is -1.27. The van der Waals surface area contributed by atoms with E-state index in [4.69, 9.17) is 5.73 Å². The highest BCUT2D eigenvalue weighted by atomic mass is 79.9. The van der Waals surface area contributed by atoms with Crippen molar-refractivity contribution in [3.05, 3.63) is 23.1 Å². The quantitative estimate of drug-likeness (QED) is 0.804. The lowest BCUT2D eigenvalue weighted by atomic mass is 9.85. The van der Waals surface area contributed by atoms with Crippen molar-refractivity contribution in [2.45, 2.75) is 31.7 Å². The summed E-state index contributed by atoms with van der Waals surface area (Å²) >= 11 is 3.46. The maximum atomic E-state index is 9.49. The number of halogens is 1. The molecule has 5 nitrogen and oxygen atoms in total. The third-order valence-corrected chi connectivity index (χ3v) is 4.67. The van der Waals surface area contributed by atoms with E-state index < -0.39 is 0 Å². The molecule has 1 fully saturated rings. The molecule has 0 aliphatic heterocycles. The lowest BCUT2D eigenvalue weighted by molar-refractivity contribution is 0.178. The summed E-state index contributed by atoms with van der Waals surface area (Å²) in [4.78, 5) is 4.26.